The molecule has 0 aliphatic carbocycles. The van der Waals surface area contributed by atoms with Crippen molar-refractivity contribution in [1.29, 1.82) is 0 Å². The highest BCUT2D eigenvalue weighted by Crippen LogP contribution is 2.17. The van der Waals surface area contributed by atoms with Crippen LogP contribution >= 0.6 is 23.4 Å². The van der Waals surface area contributed by atoms with E-state index in [1.807, 2.05) is 6.26 Å². The average molecular weight is 242 g/mol. The van der Waals surface area contributed by atoms with E-state index in [2.05, 4.69) is 20.0 Å². The number of azide groups is 1. The van der Waals surface area contributed by atoms with Crippen LogP contribution in [0.4, 0.5) is 0 Å². The fraction of sp³-hybridized carbons (Fsp3) is 0.250. The predicted molar refractivity (Wildman–Crippen MR) is 61.9 cm³/mol. The van der Waals surface area contributed by atoms with Crippen molar-refractivity contribution >= 4 is 29.4 Å². The largest absolute Gasteiger partial charge is 0.230 e. The Morgan fingerprint density at radius 2 is 2.53 bits per heavy atom. The number of thioether (sulfide) groups is 1. The van der Waals surface area contributed by atoms with Crippen LogP contribution in [-0.4, -0.2) is 22.8 Å². The monoisotopic (exact) mass is 241 g/mol. The van der Waals surface area contributed by atoms with Crippen LogP contribution in [0.5, 0.6) is 0 Å². The summed E-state index contributed by atoms with van der Waals surface area (Å²) in [4.78, 5) is 10.7. The van der Waals surface area contributed by atoms with Crippen LogP contribution in [0, 0.1) is 0 Å². The molecule has 0 aromatic carbocycles. The first-order valence-corrected chi connectivity index (χ1v) is 5.62. The Hall–Kier alpha value is -1.23. The van der Waals surface area contributed by atoms with Gasteiger partial charge in [0, 0.05) is 23.2 Å². The minimum atomic E-state index is 0.289. The zero-order chi connectivity index (χ0) is 11.1. The van der Waals surface area contributed by atoms with E-state index >= 15 is 0 Å². The van der Waals surface area contributed by atoms with Crippen LogP contribution in [0.1, 0.15) is 5.56 Å². The first-order chi connectivity index (χ1) is 7.27. The summed E-state index contributed by atoms with van der Waals surface area (Å²) < 4.78 is 0. The van der Waals surface area contributed by atoms with Gasteiger partial charge in [-0.3, -0.25) is 0 Å². The van der Waals surface area contributed by atoms with Crippen molar-refractivity contribution in [3.63, 3.8) is 0 Å². The minimum absolute atomic E-state index is 0.289. The topological polar surface area (TPSA) is 74.5 Å². The van der Waals surface area contributed by atoms with E-state index in [1.165, 1.54) is 11.8 Å². The molecule has 0 aliphatic rings. The van der Waals surface area contributed by atoms with Crippen molar-refractivity contribution in [2.24, 2.45) is 5.11 Å². The molecule has 0 aliphatic heterocycles. The number of rotatable bonds is 4. The quantitative estimate of drug-likeness (QED) is 0.203. The molecule has 0 unspecified atom stereocenters. The van der Waals surface area contributed by atoms with Gasteiger partial charge in [0.2, 0.25) is 0 Å². The van der Waals surface area contributed by atoms with E-state index in [1.54, 1.807) is 18.3 Å². The molecule has 0 radical (unpaired) electrons. The smallest absolute Gasteiger partial charge is 0.188 e. The lowest BCUT2D eigenvalue weighted by Crippen LogP contribution is -1.88. The molecule has 0 amide bonds. The number of hydrogen-bond acceptors (Lipinski definition) is 4. The second-order valence-electron chi connectivity index (χ2n) is 2.42. The Labute approximate surface area is 96.2 Å². The van der Waals surface area contributed by atoms with Crippen LogP contribution in [0.2, 0.25) is 5.15 Å². The van der Waals surface area contributed by atoms with Crippen molar-refractivity contribution < 1.29 is 0 Å². The standard InChI is InChI=1S/C8H8ClN5S/c1-15-8-11-5-6(7(9)13-8)3-2-4-12-14-10/h2-3,5H,4H2,1H3. The first-order valence-electron chi connectivity index (χ1n) is 4.02. The molecule has 15 heavy (non-hydrogen) atoms. The molecular formula is C8H8ClN5S. The van der Waals surface area contributed by atoms with Crippen molar-refractivity contribution in [3.8, 4) is 0 Å². The van der Waals surface area contributed by atoms with E-state index in [-0.39, 0.29) is 6.54 Å². The highest BCUT2D eigenvalue weighted by Gasteiger charge is 2.00. The summed E-state index contributed by atoms with van der Waals surface area (Å²) in [5.41, 5.74) is 8.77. The van der Waals surface area contributed by atoms with E-state index in [9.17, 15) is 0 Å². The van der Waals surface area contributed by atoms with E-state index in [0.717, 1.165) is 0 Å². The molecule has 7 heteroatoms. The lowest BCUT2D eigenvalue weighted by Gasteiger charge is -1.98. The fourth-order valence-corrected chi connectivity index (χ4v) is 1.41. The third-order valence-corrected chi connectivity index (χ3v) is 2.34. The summed E-state index contributed by atoms with van der Waals surface area (Å²) >= 11 is 7.33. The molecule has 0 saturated heterocycles. The number of aromatic nitrogens is 2. The van der Waals surface area contributed by atoms with E-state index < -0.39 is 0 Å². The number of hydrogen-bond donors (Lipinski definition) is 0. The molecule has 0 N–H and O–H groups in total. The van der Waals surface area contributed by atoms with Gasteiger partial charge in [-0.25, -0.2) is 9.97 Å². The average Bonchev–Trinajstić information content (AvgIpc) is 2.26. The summed E-state index contributed by atoms with van der Waals surface area (Å²) in [5.74, 6) is 0. The summed E-state index contributed by atoms with van der Waals surface area (Å²) in [6.45, 7) is 0.289. The van der Waals surface area contributed by atoms with Gasteiger partial charge in [0.25, 0.3) is 0 Å². The summed E-state index contributed by atoms with van der Waals surface area (Å²) in [6, 6.07) is 0. The maximum absolute atomic E-state index is 8.06. The zero-order valence-electron chi connectivity index (χ0n) is 7.96. The molecule has 5 nitrogen and oxygen atoms in total. The second kappa shape index (κ2) is 6.29. The third-order valence-electron chi connectivity index (χ3n) is 1.48. The lowest BCUT2D eigenvalue weighted by molar-refractivity contribution is 0.966. The molecule has 1 aromatic heterocycles. The molecule has 0 bridgehead atoms. The van der Waals surface area contributed by atoms with Crippen molar-refractivity contribution in [3.05, 3.63) is 33.4 Å². The SMILES string of the molecule is CSc1ncc(C=CCN=[N+]=[N-])c(Cl)n1. The third kappa shape index (κ3) is 3.79. The normalized spacial score (nSPS) is 10.3. The predicted octanol–water partition coefficient (Wildman–Crippen LogP) is 3.18. The number of nitrogens with zero attached hydrogens (tertiary/aromatic N) is 5. The zero-order valence-corrected chi connectivity index (χ0v) is 9.53. The molecule has 1 heterocycles. The molecule has 1 rings (SSSR count). The Kier molecular flexibility index (Phi) is 4.97. The molecule has 1 aromatic rings. The molecule has 78 valence electrons. The van der Waals surface area contributed by atoms with Crippen LogP contribution in [-0.2, 0) is 0 Å². The summed E-state index contributed by atoms with van der Waals surface area (Å²) in [7, 11) is 0. The van der Waals surface area contributed by atoms with Gasteiger partial charge in [-0.15, -0.1) is 0 Å². The van der Waals surface area contributed by atoms with Gasteiger partial charge >= 0.3 is 0 Å². The number of halogens is 1. The van der Waals surface area contributed by atoms with Crippen molar-refractivity contribution in [2.75, 3.05) is 12.8 Å². The minimum Gasteiger partial charge on any atom is -0.230 e. The van der Waals surface area contributed by atoms with Gasteiger partial charge in [-0.05, 0) is 11.8 Å². The van der Waals surface area contributed by atoms with E-state index in [4.69, 9.17) is 17.1 Å². The molecule has 0 saturated carbocycles. The van der Waals surface area contributed by atoms with Crippen molar-refractivity contribution in [2.45, 2.75) is 5.16 Å². The fourth-order valence-electron chi connectivity index (χ4n) is 0.829. The van der Waals surface area contributed by atoms with Crippen LogP contribution in [0.3, 0.4) is 0 Å². The van der Waals surface area contributed by atoms with Gasteiger partial charge < -0.3 is 0 Å². The molecule has 0 fully saturated rings. The Bertz CT molecular complexity index is 413. The van der Waals surface area contributed by atoms with Crippen LogP contribution in [0.15, 0.2) is 22.5 Å². The molecular weight excluding hydrogens is 234 g/mol. The highest BCUT2D eigenvalue weighted by molar-refractivity contribution is 7.98. The van der Waals surface area contributed by atoms with Gasteiger partial charge in [0.15, 0.2) is 5.16 Å². The van der Waals surface area contributed by atoms with Crippen LogP contribution in [0.25, 0.3) is 16.5 Å². The van der Waals surface area contributed by atoms with Gasteiger partial charge in [0.1, 0.15) is 5.15 Å². The molecule has 0 spiro atoms. The Morgan fingerprint density at radius 1 is 1.73 bits per heavy atom. The molecule has 0 atom stereocenters. The maximum Gasteiger partial charge on any atom is 0.188 e. The Balaban J connectivity index is 2.77. The van der Waals surface area contributed by atoms with Gasteiger partial charge in [0.05, 0.1) is 0 Å². The second-order valence-corrected chi connectivity index (χ2v) is 3.55. The maximum atomic E-state index is 8.06. The lowest BCUT2D eigenvalue weighted by atomic mass is 10.3. The van der Waals surface area contributed by atoms with Crippen molar-refractivity contribution in [1.82, 2.24) is 9.97 Å². The van der Waals surface area contributed by atoms with E-state index in [0.29, 0.717) is 15.9 Å². The first kappa shape index (κ1) is 11.8. The summed E-state index contributed by atoms with van der Waals surface area (Å²) in [6.07, 6.45) is 6.93. The van der Waals surface area contributed by atoms with Gasteiger partial charge in [-0.2, -0.15) is 0 Å². The summed E-state index contributed by atoms with van der Waals surface area (Å²) in [5, 5.41) is 4.38. The Morgan fingerprint density at radius 3 is 3.13 bits per heavy atom. The van der Waals surface area contributed by atoms with Crippen LogP contribution < -0.4 is 0 Å². The highest BCUT2D eigenvalue weighted by atomic mass is 35.5. The van der Waals surface area contributed by atoms with Gasteiger partial charge in [-0.1, -0.05) is 40.6 Å².